The predicted octanol–water partition coefficient (Wildman–Crippen LogP) is 19.7. The lowest BCUT2D eigenvalue weighted by molar-refractivity contribution is 0.0695. The van der Waals surface area contributed by atoms with E-state index in [1.807, 2.05) is 127 Å². The minimum atomic E-state index is -0.984. The van der Waals surface area contributed by atoms with E-state index in [2.05, 4.69) is 80.6 Å². The first-order valence-electron chi connectivity index (χ1n) is 41.5. The number of rotatable bonds is 37. The monoisotopic (exact) mass is 1740 g/mol. The summed E-state index contributed by atoms with van der Waals surface area (Å²) in [7, 11) is 2.89. The molecule has 0 bridgehead atoms. The molecular weight excluding hydrogens is 1610 g/mol. The molecule has 10 rings (SSSR count). The Balaban J connectivity index is 0.000000310. The molecule has 640 valence electrons. The predicted molar refractivity (Wildman–Crippen MR) is 484 cm³/mol. The second-order valence-electron chi connectivity index (χ2n) is 29.1. The molecular formula is C93H126BrClN8O13P2. The smallest absolute Gasteiger partial charge is 0.407 e. The number of alkyl carbamates (subject to hydrolysis) is 3. The topological polar surface area (TPSA) is 326 Å². The lowest BCUT2D eigenvalue weighted by Crippen LogP contribution is -2.27. The van der Waals surface area contributed by atoms with Crippen LogP contribution in [0, 0.1) is 17.8 Å². The van der Waals surface area contributed by atoms with E-state index >= 15 is 0 Å². The maximum Gasteiger partial charge on any atom is 0.407 e. The highest BCUT2D eigenvalue weighted by Gasteiger charge is 2.17. The minimum absolute atomic E-state index is 0. The number of benzene rings is 7. The molecule has 7 aromatic carbocycles. The number of amides is 6. The van der Waals surface area contributed by atoms with Crippen molar-refractivity contribution in [2.24, 2.45) is 29.2 Å². The van der Waals surface area contributed by atoms with E-state index in [0.29, 0.717) is 93.4 Å². The minimum Gasteiger partial charge on any atom is -0.478 e. The number of nitrogens with one attached hydrogen (secondary N) is 6. The first-order chi connectivity index (χ1) is 57.0. The summed E-state index contributed by atoms with van der Waals surface area (Å²) in [5.74, 6) is 1.45. The van der Waals surface area contributed by atoms with E-state index in [-0.39, 0.29) is 61.3 Å². The normalized spacial score (nSPS) is 13.3. The van der Waals surface area contributed by atoms with Crippen LogP contribution in [0.25, 0.3) is 6.08 Å². The number of hydrogen-bond acceptors (Lipinski definition) is 14. The third-order valence-corrected chi connectivity index (χ3v) is 22.1. The molecule has 3 aliphatic rings. The van der Waals surface area contributed by atoms with Crippen molar-refractivity contribution >= 4 is 104 Å². The van der Waals surface area contributed by atoms with Gasteiger partial charge in [-0.15, -0.1) is 12.4 Å². The summed E-state index contributed by atoms with van der Waals surface area (Å²) in [6.07, 6.45) is 36.4. The van der Waals surface area contributed by atoms with Crippen molar-refractivity contribution in [1.82, 2.24) is 31.9 Å². The number of allylic oxidation sites excluding steroid dienone is 1. The zero-order valence-corrected chi connectivity index (χ0v) is 72.9. The number of ether oxygens (including phenoxy) is 3. The van der Waals surface area contributed by atoms with Crippen molar-refractivity contribution in [2.75, 3.05) is 58.5 Å². The quantitative estimate of drug-likeness (QED) is 0.00756. The molecule has 0 aliphatic heterocycles. The Kier molecular flexibility index (Phi) is 55.6. The van der Waals surface area contributed by atoms with Crippen LogP contribution in [0.1, 0.15) is 244 Å². The number of carboxylic acids is 1. The van der Waals surface area contributed by atoms with Crippen molar-refractivity contribution in [3.8, 4) is 0 Å². The van der Waals surface area contributed by atoms with Gasteiger partial charge < -0.3 is 62.7 Å². The van der Waals surface area contributed by atoms with Crippen LogP contribution in [0.4, 0.5) is 14.4 Å². The fourth-order valence-corrected chi connectivity index (χ4v) is 15.8. The standard InChI is InChI=1S/C27H34N2O3.C20H22N2O4.C19H30N2O.C12H18N2O2.C8H6O3.C7H15BrP2.ClH/c30-26(25-17-15-23(16-18-25)14-13-22-9-3-1-4-10-22)28-19-7-8-20-29-27(31)32-21-24-11-5-2-6-12-24;23-14-16-8-10-18(11-9-16)19(24)21-12-4-5-13-22-20(25)26-15-17-6-2-1-3-7-17;20-14-4-5-15-21-19(22)18-12-10-17(11-13-18)9-8-16-6-2-1-3-7-16;13-8-4-5-9-14-12(15)16-10-11-6-2-1-3-7-11;9-5-6-1-3-7(4-2-6)8(10)11;8-10(9)6-7-4-2-1-3-5-7;/h2,5-6,11-18,22H,1,3-4,7-10,19-21H2,(H,28,30)(H,29,31);1-3,6-11,14H,4-5,12-13,15H2,(H,21,24)(H,22,25);10-13,16H,1-9,14-15,20H2,(H,21,22);1-3,6-7H,4-5,8-10,13H2,(H,14,15);1-5H,(H,10,11);7H,1-6,9H2;1H/b14-13+;;;;;;. The average Bonchev–Trinajstić information content (AvgIpc) is 0.895. The highest BCUT2D eigenvalue weighted by atomic mass is 79.9. The molecule has 0 heterocycles. The Morgan fingerprint density at radius 1 is 0.398 bits per heavy atom. The number of nitrogens with two attached hydrogens (primary N) is 2. The van der Waals surface area contributed by atoms with Crippen molar-refractivity contribution in [3.05, 3.63) is 255 Å². The maximum atomic E-state index is 12.3. The van der Waals surface area contributed by atoms with E-state index in [9.17, 15) is 43.2 Å². The largest absolute Gasteiger partial charge is 0.478 e. The van der Waals surface area contributed by atoms with E-state index in [0.717, 1.165) is 104 Å². The number of aromatic carboxylic acids is 1. The van der Waals surface area contributed by atoms with Gasteiger partial charge in [-0.1, -0.05) is 260 Å². The molecule has 118 heavy (non-hydrogen) atoms. The fraction of sp³-hybridized carbons (Fsp3) is 0.430. The Hall–Kier alpha value is -9.14. The van der Waals surface area contributed by atoms with Crippen LogP contribution in [0.3, 0.4) is 0 Å². The number of carboxylic acid groups (broad SMARTS) is 1. The van der Waals surface area contributed by atoms with Gasteiger partial charge in [-0.25, -0.2) is 19.2 Å². The molecule has 6 amide bonds. The summed E-state index contributed by atoms with van der Waals surface area (Å²) in [5, 5.41) is 25.2. The van der Waals surface area contributed by atoms with Gasteiger partial charge in [-0.05, 0) is 197 Å². The lowest BCUT2D eigenvalue weighted by atomic mass is 9.85. The summed E-state index contributed by atoms with van der Waals surface area (Å²) in [6, 6.07) is 56.7. The second-order valence-corrected chi connectivity index (χ2v) is 37.2. The third-order valence-electron chi connectivity index (χ3n) is 19.7. The summed E-state index contributed by atoms with van der Waals surface area (Å²) in [4.78, 5) is 102. The van der Waals surface area contributed by atoms with Crippen LogP contribution in [0.2, 0.25) is 0 Å². The number of carbonyl (C=O) groups excluding carboxylic acids is 8. The molecule has 3 saturated carbocycles. The zero-order valence-electron chi connectivity index (χ0n) is 68.4. The van der Waals surface area contributed by atoms with E-state index < -0.39 is 18.2 Å². The molecule has 0 radical (unpaired) electrons. The van der Waals surface area contributed by atoms with Gasteiger partial charge in [-0.2, -0.15) is 0 Å². The highest BCUT2D eigenvalue weighted by Crippen LogP contribution is 2.55. The number of aryl methyl sites for hydroxylation is 1. The molecule has 2 atom stereocenters. The molecule has 0 spiro atoms. The van der Waals surface area contributed by atoms with E-state index in [1.54, 1.807) is 24.3 Å². The third kappa shape index (κ3) is 48.1. The van der Waals surface area contributed by atoms with Gasteiger partial charge in [-0.3, -0.25) is 24.0 Å². The Morgan fingerprint density at radius 3 is 1.05 bits per heavy atom. The van der Waals surface area contributed by atoms with Gasteiger partial charge in [0.1, 0.15) is 32.4 Å². The number of unbranched alkanes of at least 4 members (excludes halogenated alkanes) is 4. The van der Waals surface area contributed by atoms with Crippen LogP contribution in [-0.2, 0) is 40.5 Å². The molecule has 2 unspecified atom stereocenters. The lowest BCUT2D eigenvalue weighted by Gasteiger charge is -2.22. The molecule has 21 nitrogen and oxygen atoms in total. The number of hydrogen-bond donors (Lipinski definition) is 9. The van der Waals surface area contributed by atoms with Crippen molar-refractivity contribution in [2.45, 2.75) is 180 Å². The maximum absolute atomic E-state index is 12.3. The van der Waals surface area contributed by atoms with Crippen LogP contribution in [0.15, 0.2) is 194 Å². The first-order valence-corrected chi connectivity index (χ1v) is 46.7. The average molecular weight is 1740 g/mol. The molecule has 7 aromatic rings. The van der Waals surface area contributed by atoms with Gasteiger partial charge in [0.25, 0.3) is 17.7 Å². The first kappa shape index (κ1) is 101. The van der Waals surface area contributed by atoms with Gasteiger partial charge in [0.15, 0.2) is 0 Å². The van der Waals surface area contributed by atoms with Crippen LogP contribution in [0.5, 0.6) is 0 Å². The Labute approximate surface area is 717 Å². The molecule has 0 saturated heterocycles. The van der Waals surface area contributed by atoms with Crippen molar-refractivity contribution < 1.29 is 62.5 Å². The Bertz CT molecular complexity index is 3920. The molecule has 25 heteroatoms. The second kappa shape index (κ2) is 64.8. The van der Waals surface area contributed by atoms with E-state index in [1.165, 1.54) is 139 Å². The van der Waals surface area contributed by atoms with Gasteiger partial charge in [0.2, 0.25) is 0 Å². The SMILES string of the molecule is Cl.NCCCCNC(=O)OCc1ccccc1.NCCCCNC(=O)c1ccc(CCC2CCCCC2)cc1.O=C(NCCCCNC(=O)c1ccc(/C=C/C2CCCCC2)cc1)OCc1ccccc1.O=Cc1ccc(C(=O)NCCCCNC(=O)OCc2ccccc2)cc1.O=Cc1ccc(C(=O)O)cc1.PP(Br)CC1CCCCC1. The van der Waals surface area contributed by atoms with Crippen LogP contribution < -0.4 is 43.4 Å². The van der Waals surface area contributed by atoms with Crippen LogP contribution in [-0.4, -0.2) is 118 Å². The zero-order chi connectivity index (χ0) is 84.0. The summed E-state index contributed by atoms with van der Waals surface area (Å²) in [6.45, 7) is 5.56. The van der Waals surface area contributed by atoms with Gasteiger partial charge in [0.05, 0.1) is 5.56 Å². The molecule has 3 fully saturated rings. The highest BCUT2D eigenvalue weighted by molar-refractivity contribution is 9.44. The molecule has 0 aromatic heterocycles. The van der Waals surface area contributed by atoms with E-state index in [4.69, 9.17) is 30.8 Å². The number of carbonyl (C=O) groups is 9. The fourth-order valence-electron chi connectivity index (χ4n) is 12.9. The van der Waals surface area contributed by atoms with Crippen LogP contribution >= 0.6 is 43.1 Å². The van der Waals surface area contributed by atoms with Gasteiger partial charge >= 0.3 is 24.2 Å². The number of halogens is 2. The summed E-state index contributed by atoms with van der Waals surface area (Å²) in [5.41, 5.74) is 19.3. The Morgan fingerprint density at radius 2 is 0.712 bits per heavy atom. The summed E-state index contributed by atoms with van der Waals surface area (Å²) < 4.78 is 15.3. The molecule has 11 N–H and O–H groups in total. The van der Waals surface area contributed by atoms with Gasteiger partial charge in [0, 0.05) is 67.1 Å². The molecule has 3 aliphatic carbocycles. The van der Waals surface area contributed by atoms with Crippen molar-refractivity contribution in [3.63, 3.8) is 0 Å². The summed E-state index contributed by atoms with van der Waals surface area (Å²) >= 11 is 3.64. The number of aldehydes is 2. The van der Waals surface area contributed by atoms with Crippen molar-refractivity contribution in [1.29, 1.82) is 0 Å².